The van der Waals surface area contributed by atoms with Crippen LogP contribution in [0.1, 0.15) is 10.6 Å². The number of nitrogens with zero attached hydrogens (tertiary/aromatic N) is 3. The average molecular weight is 225 g/mol. The highest BCUT2D eigenvalue weighted by atomic mass is 32.2. The third-order valence-electron chi connectivity index (χ3n) is 1.65. The fourth-order valence-corrected chi connectivity index (χ4v) is 1.68. The van der Waals surface area contributed by atoms with Crippen molar-refractivity contribution in [2.75, 3.05) is 0 Å². The number of hydrogen-bond acceptors (Lipinski definition) is 5. The zero-order valence-electron chi connectivity index (χ0n) is 7.75. The third kappa shape index (κ3) is 2.01. The van der Waals surface area contributed by atoms with Gasteiger partial charge in [0.05, 0.1) is 0 Å². The van der Waals surface area contributed by atoms with E-state index in [4.69, 9.17) is 9.52 Å². The van der Waals surface area contributed by atoms with Crippen LogP contribution in [-0.4, -0.2) is 25.8 Å². The number of hydrogen-bond donors (Lipinski definition) is 1. The number of carboxylic acids is 1. The molecule has 6 nitrogen and oxygen atoms in total. The molecular formula is C8H7N3O3S. The van der Waals surface area contributed by atoms with Crippen LogP contribution in [0.15, 0.2) is 33.1 Å². The van der Waals surface area contributed by atoms with E-state index in [1.165, 1.54) is 24.2 Å². The van der Waals surface area contributed by atoms with Gasteiger partial charge in [-0.2, -0.15) is 5.10 Å². The largest absolute Gasteiger partial charge is 0.475 e. The van der Waals surface area contributed by atoms with Crippen molar-refractivity contribution in [1.29, 1.82) is 0 Å². The first-order valence-corrected chi connectivity index (χ1v) is 4.83. The molecule has 7 heteroatoms. The van der Waals surface area contributed by atoms with E-state index in [-0.39, 0.29) is 5.76 Å². The molecule has 0 aromatic carbocycles. The fraction of sp³-hybridized carbons (Fsp3) is 0.125. The molecule has 0 spiro atoms. The molecule has 0 fully saturated rings. The predicted molar refractivity (Wildman–Crippen MR) is 50.8 cm³/mol. The Morgan fingerprint density at radius 1 is 1.60 bits per heavy atom. The van der Waals surface area contributed by atoms with Gasteiger partial charge in [0.15, 0.2) is 10.2 Å². The molecule has 0 aliphatic heterocycles. The Hall–Kier alpha value is -1.76. The molecule has 0 saturated heterocycles. The summed E-state index contributed by atoms with van der Waals surface area (Å²) in [5.74, 6) is -1.17. The Labute approximate surface area is 88.9 Å². The minimum absolute atomic E-state index is 0.0836. The monoisotopic (exact) mass is 225 g/mol. The van der Waals surface area contributed by atoms with E-state index in [0.717, 1.165) is 0 Å². The normalized spacial score (nSPS) is 10.5. The van der Waals surface area contributed by atoms with Crippen LogP contribution in [0, 0.1) is 0 Å². The maximum absolute atomic E-state index is 10.5. The highest BCUT2D eigenvalue weighted by molar-refractivity contribution is 7.99. The van der Waals surface area contributed by atoms with Gasteiger partial charge in [-0.1, -0.05) is 0 Å². The molecule has 0 unspecified atom stereocenters. The zero-order valence-corrected chi connectivity index (χ0v) is 8.56. The van der Waals surface area contributed by atoms with E-state index in [2.05, 4.69) is 10.1 Å². The van der Waals surface area contributed by atoms with Crippen LogP contribution < -0.4 is 0 Å². The van der Waals surface area contributed by atoms with E-state index >= 15 is 0 Å². The van der Waals surface area contributed by atoms with E-state index in [0.29, 0.717) is 10.2 Å². The second kappa shape index (κ2) is 3.77. The second-order valence-corrected chi connectivity index (χ2v) is 3.66. The molecule has 0 aliphatic carbocycles. The van der Waals surface area contributed by atoms with Gasteiger partial charge in [0.1, 0.15) is 6.33 Å². The molecule has 2 rings (SSSR count). The molecule has 0 saturated carbocycles. The summed E-state index contributed by atoms with van der Waals surface area (Å²) >= 11 is 1.22. The van der Waals surface area contributed by atoms with Crippen molar-refractivity contribution in [3.8, 4) is 0 Å². The number of rotatable bonds is 3. The topological polar surface area (TPSA) is 81.2 Å². The van der Waals surface area contributed by atoms with E-state index in [9.17, 15) is 4.79 Å². The molecular weight excluding hydrogens is 218 g/mol. The maximum atomic E-state index is 10.5. The van der Waals surface area contributed by atoms with Crippen molar-refractivity contribution >= 4 is 17.7 Å². The van der Waals surface area contributed by atoms with Gasteiger partial charge in [0, 0.05) is 7.05 Å². The lowest BCUT2D eigenvalue weighted by Gasteiger charge is -1.95. The van der Waals surface area contributed by atoms with E-state index in [1.807, 2.05) is 0 Å². The van der Waals surface area contributed by atoms with Crippen LogP contribution in [0.5, 0.6) is 0 Å². The predicted octanol–water partition coefficient (Wildman–Crippen LogP) is 1.26. The smallest absolute Gasteiger partial charge is 0.371 e. The standard InChI is InChI=1S/C8H7N3O3S/c1-11-8(9-4-10-11)15-6-3-2-5(14-6)7(12)13/h2-4H,1H3,(H,12,13). The van der Waals surface area contributed by atoms with E-state index < -0.39 is 5.97 Å². The number of furan rings is 1. The molecule has 15 heavy (non-hydrogen) atoms. The summed E-state index contributed by atoms with van der Waals surface area (Å²) in [6, 6.07) is 2.99. The fourth-order valence-electron chi connectivity index (χ4n) is 0.958. The lowest BCUT2D eigenvalue weighted by molar-refractivity contribution is 0.0656. The van der Waals surface area contributed by atoms with E-state index in [1.54, 1.807) is 17.8 Å². The number of aromatic nitrogens is 3. The highest BCUT2D eigenvalue weighted by Crippen LogP contribution is 2.26. The summed E-state index contributed by atoms with van der Waals surface area (Å²) in [5, 5.41) is 13.6. The molecule has 0 amide bonds. The Balaban J connectivity index is 2.18. The van der Waals surface area contributed by atoms with Gasteiger partial charge in [-0.15, -0.1) is 0 Å². The number of carbonyl (C=O) groups is 1. The summed E-state index contributed by atoms with van der Waals surface area (Å²) in [6.07, 6.45) is 1.42. The summed E-state index contributed by atoms with van der Waals surface area (Å²) in [6.45, 7) is 0. The van der Waals surface area contributed by atoms with Crippen LogP contribution in [0.4, 0.5) is 0 Å². The minimum Gasteiger partial charge on any atom is -0.475 e. The molecule has 0 atom stereocenters. The summed E-state index contributed by atoms with van der Waals surface area (Å²) in [7, 11) is 1.75. The highest BCUT2D eigenvalue weighted by Gasteiger charge is 2.11. The van der Waals surface area contributed by atoms with Gasteiger partial charge in [-0.3, -0.25) is 0 Å². The quantitative estimate of drug-likeness (QED) is 0.846. The molecule has 2 aromatic heterocycles. The molecule has 0 aliphatic rings. The summed E-state index contributed by atoms with van der Waals surface area (Å²) in [5.41, 5.74) is 0. The number of aryl methyl sites for hydroxylation is 1. The zero-order chi connectivity index (χ0) is 10.8. The van der Waals surface area contributed by atoms with Crippen LogP contribution in [0.25, 0.3) is 0 Å². The van der Waals surface area contributed by atoms with Crippen molar-refractivity contribution in [2.24, 2.45) is 7.05 Å². The summed E-state index contributed by atoms with van der Waals surface area (Å²) < 4.78 is 6.63. The molecule has 2 heterocycles. The maximum Gasteiger partial charge on any atom is 0.371 e. The van der Waals surface area contributed by atoms with Crippen molar-refractivity contribution < 1.29 is 14.3 Å². The van der Waals surface area contributed by atoms with Gasteiger partial charge in [-0.25, -0.2) is 14.5 Å². The first-order chi connectivity index (χ1) is 7.16. The van der Waals surface area contributed by atoms with Gasteiger partial charge in [0.2, 0.25) is 5.76 Å². The minimum atomic E-state index is -1.08. The SMILES string of the molecule is Cn1ncnc1Sc1ccc(C(=O)O)o1. The third-order valence-corrected chi connectivity index (χ3v) is 2.63. The Kier molecular flexibility index (Phi) is 2.46. The first-order valence-electron chi connectivity index (χ1n) is 4.02. The molecule has 1 N–H and O–H groups in total. The van der Waals surface area contributed by atoms with Gasteiger partial charge in [-0.05, 0) is 23.9 Å². The van der Waals surface area contributed by atoms with Crippen molar-refractivity contribution in [3.63, 3.8) is 0 Å². The molecule has 0 radical (unpaired) electrons. The van der Waals surface area contributed by atoms with Gasteiger partial charge in [0.25, 0.3) is 0 Å². The Morgan fingerprint density at radius 2 is 2.40 bits per heavy atom. The van der Waals surface area contributed by atoms with Crippen LogP contribution in [0.3, 0.4) is 0 Å². The average Bonchev–Trinajstić information content (AvgIpc) is 2.77. The first kappa shape index (κ1) is 9.78. The van der Waals surface area contributed by atoms with Crippen LogP contribution >= 0.6 is 11.8 Å². The second-order valence-electron chi connectivity index (χ2n) is 2.69. The van der Waals surface area contributed by atoms with Crippen LogP contribution in [-0.2, 0) is 7.05 Å². The summed E-state index contributed by atoms with van der Waals surface area (Å²) in [4.78, 5) is 14.5. The lowest BCUT2D eigenvalue weighted by Crippen LogP contribution is -1.92. The molecule has 0 bridgehead atoms. The molecule has 2 aromatic rings. The van der Waals surface area contributed by atoms with Gasteiger partial charge >= 0.3 is 5.97 Å². The van der Waals surface area contributed by atoms with Crippen molar-refractivity contribution in [2.45, 2.75) is 10.2 Å². The Bertz CT molecular complexity index is 491. The lowest BCUT2D eigenvalue weighted by atomic mass is 10.5. The van der Waals surface area contributed by atoms with Crippen molar-refractivity contribution in [1.82, 2.24) is 14.8 Å². The number of aromatic carboxylic acids is 1. The molecule has 78 valence electrons. The van der Waals surface area contributed by atoms with Crippen LogP contribution in [0.2, 0.25) is 0 Å². The Morgan fingerprint density at radius 3 is 2.93 bits per heavy atom. The van der Waals surface area contributed by atoms with Gasteiger partial charge < -0.3 is 9.52 Å². The van der Waals surface area contributed by atoms with Crippen molar-refractivity contribution in [3.05, 3.63) is 24.2 Å². The number of carboxylic acid groups (broad SMARTS) is 1.